The van der Waals surface area contributed by atoms with Crippen LogP contribution in [0.4, 0.5) is 0 Å². The van der Waals surface area contributed by atoms with Gasteiger partial charge in [-0.15, -0.1) is 0 Å². The van der Waals surface area contributed by atoms with Crippen LogP contribution in [0.1, 0.15) is 25.8 Å². The normalized spacial score (nSPS) is 28.4. The Labute approximate surface area is 134 Å². The van der Waals surface area contributed by atoms with Gasteiger partial charge < -0.3 is 19.7 Å². The smallest absolute Gasteiger partial charge is 0.160 e. The number of ether oxygens (including phenoxy) is 2. The largest absolute Gasteiger partial charge is 0.493 e. The van der Waals surface area contributed by atoms with Crippen LogP contribution in [0.3, 0.4) is 0 Å². The minimum Gasteiger partial charge on any atom is -0.493 e. The molecule has 4 nitrogen and oxygen atoms in total. The molecule has 0 aliphatic carbocycles. The number of nitrogens with one attached hydrogen (secondary N) is 1. The fourth-order valence-corrected chi connectivity index (χ4v) is 3.53. The summed E-state index contributed by atoms with van der Waals surface area (Å²) in [4.78, 5) is 1.68. The molecule has 1 aromatic rings. The van der Waals surface area contributed by atoms with Crippen molar-refractivity contribution in [1.29, 1.82) is 0 Å². The molecule has 1 aliphatic rings. The van der Waals surface area contributed by atoms with Gasteiger partial charge in [-0.25, -0.2) is 0 Å². The Morgan fingerprint density at radius 3 is 2.59 bits per heavy atom. The standard InChI is InChI=1S/C18H30N2O2/c1-13-12-20(3)14(2)10-16(13)19-9-8-15-6-7-17(21-4)18(11-15)22-5/h6-7,11,13-14,16,19H,8-10,12H2,1-5H3/p+2/t13-,14-,16+/m1/s1. The van der Waals surface area contributed by atoms with E-state index in [1.54, 1.807) is 19.1 Å². The number of methoxy groups -OCH3 is 2. The molecule has 0 bridgehead atoms. The molecule has 1 heterocycles. The molecule has 0 aromatic heterocycles. The van der Waals surface area contributed by atoms with Crippen molar-refractivity contribution in [1.82, 2.24) is 0 Å². The first-order chi connectivity index (χ1) is 10.5. The molecule has 4 heteroatoms. The van der Waals surface area contributed by atoms with E-state index in [1.165, 1.54) is 18.5 Å². The van der Waals surface area contributed by atoms with Crippen LogP contribution in [0.25, 0.3) is 0 Å². The van der Waals surface area contributed by atoms with E-state index in [4.69, 9.17) is 9.47 Å². The zero-order chi connectivity index (χ0) is 16.1. The highest BCUT2D eigenvalue weighted by molar-refractivity contribution is 5.42. The van der Waals surface area contributed by atoms with Gasteiger partial charge in [0, 0.05) is 6.42 Å². The highest BCUT2D eigenvalue weighted by Crippen LogP contribution is 2.27. The van der Waals surface area contributed by atoms with Crippen LogP contribution < -0.4 is 19.7 Å². The number of nitrogens with two attached hydrogens (primary N) is 1. The quantitative estimate of drug-likeness (QED) is 0.784. The third kappa shape index (κ3) is 4.14. The molecule has 2 rings (SSSR count). The second-order valence-corrected chi connectivity index (χ2v) is 6.79. The molecule has 22 heavy (non-hydrogen) atoms. The molecule has 1 unspecified atom stereocenters. The van der Waals surface area contributed by atoms with E-state index in [0.29, 0.717) is 0 Å². The van der Waals surface area contributed by atoms with Gasteiger partial charge in [0.15, 0.2) is 11.5 Å². The third-order valence-electron chi connectivity index (χ3n) is 5.19. The Morgan fingerprint density at radius 2 is 1.91 bits per heavy atom. The van der Waals surface area contributed by atoms with Crippen molar-refractivity contribution >= 4 is 0 Å². The van der Waals surface area contributed by atoms with Crippen LogP contribution in [0.2, 0.25) is 0 Å². The fourth-order valence-electron chi connectivity index (χ4n) is 3.53. The highest BCUT2D eigenvalue weighted by Gasteiger charge is 2.34. The van der Waals surface area contributed by atoms with E-state index in [-0.39, 0.29) is 0 Å². The summed E-state index contributed by atoms with van der Waals surface area (Å²) in [6, 6.07) is 7.77. The van der Waals surface area contributed by atoms with Gasteiger partial charge in [0.05, 0.1) is 58.8 Å². The number of likely N-dealkylation sites (tertiary alicyclic amines) is 1. The lowest BCUT2D eigenvalue weighted by Crippen LogP contribution is -3.16. The van der Waals surface area contributed by atoms with Crippen LogP contribution in [0, 0.1) is 5.92 Å². The molecule has 1 aliphatic heterocycles. The number of quaternary nitrogens is 2. The Morgan fingerprint density at radius 1 is 1.18 bits per heavy atom. The Hall–Kier alpha value is -1.26. The molecule has 1 fully saturated rings. The summed E-state index contributed by atoms with van der Waals surface area (Å²) in [5, 5.41) is 2.55. The van der Waals surface area contributed by atoms with Crippen LogP contribution in [-0.2, 0) is 6.42 Å². The SMILES string of the molecule is COc1ccc(CC[NH2+][C@H]2C[C@@H](C)[NH+](C)C[C@H]2C)cc1OC. The van der Waals surface area contributed by atoms with E-state index in [9.17, 15) is 0 Å². The topological polar surface area (TPSA) is 39.5 Å². The van der Waals surface area contributed by atoms with Crippen LogP contribution >= 0.6 is 0 Å². The molecule has 3 N–H and O–H groups in total. The predicted molar refractivity (Wildman–Crippen MR) is 88.8 cm³/mol. The second-order valence-electron chi connectivity index (χ2n) is 6.79. The van der Waals surface area contributed by atoms with Crippen molar-refractivity contribution in [3.63, 3.8) is 0 Å². The summed E-state index contributed by atoms with van der Waals surface area (Å²) in [5.74, 6) is 2.42. The highest BCUT2D eigenvalue weighted by atomic mass is 16.5. The van der Waals surface area contributed by atoms with Gasteiger partial charge in [-0.05, 0) is 24.6 Å². The van der Waals surface area contributed by atoms with E-state index < -0.39 is 0 Å². The first-order valence-corrected chi connectivity index (χ1v) is 8.41. The van der Waals surface area contributed by atoms with E-state index >= 15 is 0 Å². The lowest BCUT2D eigenvalue weighted by atomic mass is 9.90. The van der Waals surface area contributed by atoms with Gasteiger partial charge >= 0.3 is 0 Å². The zero-order valence-corrected chi connectivity index (χ0v) is 14.7. The van der Waals surface area contributed by atoms with Gasteiger partial charge in [0.25, 0.3) is 0 Å². The third-order valence-corrected chi connectivity index (χ3v) is 5.19. The maximum atomic E-state index is 5.38. The molecule has 0 spiro atoms. The molecule has 4 atom stereocenters. The lowest BCUT2D eigenvalue weighted by Gasteiger charge is -2.35. The maximum absolute atomic E-state index is 5.38. The second kappa shape index (κ2) is 7.84. The summed E-state index contributed by atoms with van der Waals surface area (Å²) >= 11 is 0. The minimum absolute atomic E-state index is 0.763. The molecule has 0 saturated carbocycles. The summed E-state index contributed by atoms with van der Waals surface area (Å²) in [6.07, 6.45) is 2.39. The van der Waals surface area contributed by atoms with Crippen molar-refractivity contribution in [3.05, 3.63) is 23.8 Å². The first kappa shape index (κ1) is 17.1. The van der Waals surface area contributed by atoms with E-state index in [2.05, 4.69) is 38.3 Å². The zero-order valence-electron chi connectivity index (χ0n) is 14.7. The fraction of sp³-hybridized carbons (Fsp3) is 0.667. The number of hydrogen-bond donors (Lipinski definition) is 2. The lowest BCUT2D eigenvalue weighted by molar-refractivity contribution is -0.922. The average Bonchev–Trinajstić information content (AvgIpc) is 2.52. The Bertz CT molecular complexity index is 478. The minimum atomic E-state index is 0.763. The molecular formula is C18H32N2O2+2. The average molecular weight is 308 g/mol. The van der Waals surface area contributed by atoms with E-state index in [1.807, 2.05) is 6.07 Å². The number of rotatable bonds is 6. The summed E-state index contributed by atoms with van der Waals surface area (Å²) in [5.41, 5.74) is 1.31. The Balaban J connectivity index is 1.86. The van der Waals surface area contributed by atoms with E-state index in [0.717, 1.165) is 42.5 Å². The first-order valence-electron chi connectivity index (χ1n) is 8.41. The Kier molecular flexibility index (Phi) is 6.09. The molecule has 1 saturated heterocycles. The van der Waals surface area contributed by atoms with Gasteiger partial charge in [0.1, 0.15) is 0 Å². The van der Waals surface area contributed by atoms with Gasteiger partial charge in [-0.2, -0.15) is 0 Å². The van der Waals surface area contributed by atoms with Gasteiger partial charge in [-0.3, -0.25) is 0 Å². The van der Waals surface area contributed by atoms with Crippen molar-refractivity contribution in [3.8, 4) is 11.5 Å². The van der Waals surface area contributed by atoms with Crippen LogP contribution in [-0.4, -0.2) is 46.4 Å². The van der Waals surface area contributed by atoms with Gasteiger partial charge in [0.2, 0.25) is 0 Å². The van der Waals surface area contributed by atoms with Gasteiger partial charge in [-0.1, -0.05) is 13.0 Å². The number of hydrogen-bond acceptors (Lipinski definition) is 2. The maximum Gasteiger partial charge on any atom is 0.160 e. The summed E-state index contributed by atoms with van der Waals surface area (Å²) in [6.45, 7) is 7.19. The van der Waals surface area contributed by atoms with Crippen molar-refractivity contribution in [2.75, 3.05) is 34.4 Å². The molecular weight excluding hydrogens is 276 g/mol. The molecule has 0 amide bonds. The predicted octanol–water partition coefficient (Wildman–Crippen LogP) is 0.121. The van der Waals surface area contributed by atoms with Crippen molar-refractivity contribution in [2.24, 2.45) is 5.92 Å². The van der Waals surface area contributed by atoms with Crippen LogP contribution in [0.5, 0.6) is 11.5 Å². The number of piperidine rings is 1. The van der Waals surface area contributed by atoms with Crippen molar-refractivity contribution < 1.29 is 19.7 Å². The van der Waals surface area contributed by atoms with Crippen molar-refractivity contribution in [2.45, 2.75) is 38.8 Å². The molecule has 124 valence electrons. The molecule has 1 aromatic carbocycles. The summed E-state index contributed by atoms with van der Waals surface area (Å²) in [7, 11) is 5.69. The monoisotopic (exact) mass is 308 g/mol. The van der Waals surface area contributed by atoms with Crippen LogP contribution in [0.15, 0.2) is 18.2 Å². The summed E-state index contributed by atoms with van der Waals surface area (Å²) < 4.78 is 10.7. The molecule has 0 radical (unpaired) electrons. The number of benzene rings is 1.